The molecule has 2 rings (SSSR count). The lowest BCUT2D eigenvalue weighted by Crippen LogP contribution is -2.57. The lowest BCUT2D eigenvalue weighted by Gasteiger charge is -2.44. The van der Waals surface area contributed by atoms with Crippen LogP contribution in [-0.2, 0) is 10.2 Å². The minimum atomic E-state index is 0.306. The molecule has 0 amide bonds. The van der Waals surface area contributed by atoms with Crippen LogP contribution in [0, 0.1) is 6.92 Å². The van der Waals surface area contributed by atoms with Crippen LogP contribution in [0.15, 0.2) is 24.3 Å². The molecule has 0 unspecified atom stereocenters. The van der Waals surface area contributed by atoms with E-state index in [0.717, 1.165) is 26.1 Å². The Balaban J connectivity index is 2.07. The topological polar surface area (TPSA) is 21.3 Å². The van der Waals surface area contributed by atoms with Crippen LogP contribution in [-0.4, -0.2) is 25.8 Å². The highest BCUT2D eigenvalue weighted by Crippen LogP contribution is 2.34. The van der Waals surface area contributed by atoms with E-state index in [4.69, 9.17) is 4.74 Å². The average Bonchev–Trinajstić information content (AvgIpc) is 2.23. The Bertz CT molecular complexity index is 369. The molecule has 1 aliphatic rings. The summed E-state index contributed by atoms with van der Waals surface area (Å²) in [5, 5.41) is 3.41. The van der Waals surface area contributed by atoms with Gasteiger partial charge in [-0.25, -0.2) is 0 Å². The summed E-state index contributed by atoms with van der Waals surface area (Å²) in [7, 11) is 0. The van der Waals surface area contributed by atoms with Gasteiger partial charge in [0.05, 0.1) is 6.10 Å². The van der Waals surface area contributed by atoms with Crippen LogP contribution >= 0.6 is 0 Å². The molecule has 2 heteroatoms. The Morgan fingerprint density at radius 2 is 2.00 bits per heavy atom. The van der Waals surface area contributed by atoms with Gasteiger partial charge in [0, 0.05) is 25.1 Å². The van der Waals surface area contributed by atoms with Crippen molar-refractivity contribution in [1.82, 2.24) is 5.32 Å². The van der Waals surface area contributed by atoms with Crippen molar-refractivity contribution in [3.05, 3.63) is 35.4 Å². The van der Waals surface area contributed by atoms with E-state index < -0.39 is 0 Å². The summed E-state index contributed by atoms with van der Waals surface area (Å²) in [4.78, 5) is 0. The fourth-order valence-electron chi connectivity index (χ4n) is 2.59. The molecule has 1 N–H and O–H groups in total. The summed E-state index contributed by atoms with van der Waals surface area (Å²) in [5.41, 5.74) is 3.20. The first-order valence-electron chi connectivity index (χ1n) is 6.52. The highest BCUT2D eigenvalue weighted by molar-refractivity contribution is 5.36. The van der Waals surface area contributed by atoms with Gasteiger partial charge in [-0.05, 0) is 38.3 Å². The Kier molecular flexibility index (Phi) is 3.85. The predicted molar refractivity (Wildman–Crippen MR) is 71.4 cm³/mol. The van der Waals surface area contributed by atoms with Gasteiger partial charge < -0.3 is 10.1 Å². The van der Waals surface area contributed by atoms with E-state index in [1.165, 1.54) is 11.1 Å². The summed E-state index contributed by atoms with van der Waals surface area (Å²) in [6.07, 6.45) is 1.44. The zero-order valence-electron chi connectivity index (χ0n) is 11.1. The minimum Gasteiger partial charge on any atom is -0.379 e. The molecule has 2 nitrogen and oxygen atoms in total. The summed E-state index contributed by atoms with van der Waals surface area (Å²) in [6.45, 7) is 9.42. The molecule has 0 spiro atoms. The van der Waals surface area contributed by atoms with E-state index in [1.54, 1.807) is 0 Å². The molecule has 0 bridgehead atoms. The number of aryl methyl sites for hydroxylation is 1. The van der Waals surface area contributed by atoms with Crippen molar-refractivity contribution < 1.29 is 4.74 Å². The SMILES string of the molecule is Cc1ccccc1C1(CCOC(C)C)CNC1. The van der Waals surface area contributed by atoms with E-state index in [1.807, 2.05) is 0 Å². The zero-order chi connectivity index (χ0) is 12.3. The highest BCUT2D eigenvalue weighted by atomic mass is 16.5. The molecule has 1 aliphatic heterocycles. The van der Waals surface area contributed by atoms with Crippen molar-refractivity contribution in [3.8, 4) is 0 Å². The highest BCUT2D eigenvalue weighted by Gasteiger charge is 2.39. The van der Waals surface area contributed by atoms with Crippen LogP contribution < -0.4 is 5.32 Å². The van der Waals surface area contributed by atoms with Crippen LogP contribution in [0.2, 0.25) is 0 Å². The lowest BCUT2D eigenvalue weighted by molar-refractivity contribution is 0.0555. The number of hydrogen-bond donors (Lipinski definition) is 1. The van der Waals surface area contributed by atoms with Crippen LogP contribution in [0.25, 0.3) is 0 Å². The minimum absolute atomic E-state index is 0.306. The van der Waals surface area contributed by atoms with Crippen LogP contribution in [0.4, 0.5) is 0 Å². The summed E-state index contributed by atoms with van der Waals surface area (Å²) < 4.78 is 5.71. The van der Waals surface area contributed by atoms with Crippen molar-refractivity contribution in [2.45, 2.75) is 38.7 Å². The van der Waals surface area contributed by atoms with Gasteiger partial charge >= 0.3 is 0 Å². The Hall–Kier alpha value is -0.860. The fraction of sp³-hybridized carbons (Fsp3) is 0.600. The van der Waals surface area contributed by atoms with Crippen LogP contribution in [0.3, 0.4) is 0 Å². The number of nitrogens with one attached hydrogen (secondary N) is 1. The number of benzene rings is 1. The smallest absolute Gasteiger partial charge is 0.0518 e. The number of ether oxygens (including phenoxy) is 1. The Morgan fingerprint density at radius 3 is 2.53 bits per heavy atom. The predicted octanol–water partition coefficient (Wildman–Crippen LogP) is 2.65. The molecule has 0 saturated carbocycles. The first kappa shape index (κ1) is 12.6. The first-order chi connectivity index (χ1) is 8.14. The second kappa shape index (κ2) is 5.19. The molecular weight excluding hydrogens is 210 g/mol. The molecule has 1 heterocycles. The van der Waals surface area contributed by atoms with Crippen molar-refractivity contribution in [3.63, 3.8) is 0 Å². The molecule has 94 valence electrons. The average molecular weight is 233 g/mol. The lowest BCUT2D eigenvalue weighted by atomic mass is 9.71. The molecule has 1 fully saturated rings. The standard InChI is InChI=1S/C15H23NO/c1-12(2)17-9-8-15(10-16-11-15)14-7-5-4-6-13(14)3/h4-7,12,16H,8-11H2,1-3H3. The van der Waals surface area contributed by atoms with Gasteiger partial charge in [-0.15, -0.1) is 0 Å². The van der Waals surface area contributed by atoms with E-state index in [0.29, 0.717) is 11.5 Å². The molecular formula is C15H23NO. The van der Waals surface area contributed by atoms with Crippen molar-refractivity contribution in [2.75, 3.05) is 19.7 Å². The molecule has 1 aromatic rings. The van der Waals surface area contributed by atoms with E-state index in [-0.39, 0.29) is 0 Å². The number of rotatable bonds is 5. The zero-order valence-corrected chi connectivity index (χ0v) is 11.1. The normalized spacial score (nSPS) is 18.1. The van der Waals surface area contributed by atoms with Gasteiger partial charge in [0.15, 0.2) is 0 Å². The molecule has 0 radical (unpaired) electrons. The Labute approximate surface area is 104 Å². The van der Waals surface area contributed by atoms with E-state index in [9.17, 15) is 0 Å². The number of hydrogen-bond acceptors (Lipinski definition) is 2. The second-order valence-electron chi connectivity index (χ2n) is 5.37. The monoisotopic (exact) mass is 233 g/mol. The maximum atomic E-state index is 5.71. The van der Waals surface area contributed by atoms with Crippen molar-refractivity contribution in [1.29, 1.82) is 0 Å². The molecule has 1 saturated heterocycles. The van der Waals surface area contributed by atoms with Crippen LogP contribution in [0.5, 0.6) is 0 Å². The van der Waals surface area contributed by atoms with E-state index >= 15 is 0 Å². The molecule has 1 aromatic carbocycles. The van der Waals surface area contributed by atoms with Gasteiger partial charge in [-0.3, -0.25) is 0 Å². The molecule has 17 heavy (non-hydrogen) atoms. The third-order valence-electron chi connectivity index (χ3n) is 3.67. The quantitative estimate of drug-likeness (QED) is 0.844. The molecule has 0 aliphatic carbocycles. The van der Waals surface area contributed by atoms with Gasteiger partial charge in [0.1, 0.15) is 0 Å². The maximum absolute atomic E-state index is 5.71. The van der Waals surface area contributed by atoms with Gasteiger partial charge in [-0.1, -0.05) is 24.3 Å². The van der Waals surface area contributed by atoms with Crippen molar-refractivity contribution in [2.24, 2.45) is 0 Å². The summed E-state index contributed by atoms with van der Waals surface area (Å²) in [6, 6.07) is 8.74. The molecule has 0 atom stereocenters. The van der Waals surface area contributed by atoms with Gasteiger partial charge in [-0.2, -0.15) is 0 Å². The van der Waals surface area contributed by atoms with E-state index in [2.05, 4.69) is 50.4 Å². The van der Waals surface area contributed by atoms with Crippen LogP contribution in [0.1, 0.15) is 31.4 Å². The van der Waals surface area contributed by atoms with Gasteiger partial charge in [0.25, 0.3) is 0 Å². The molecule has 0 aromatic heterocycles. The summed E-state index contributed by atoms with van der Waals surface area (Å²) in [5.74, 6) is 0. The first-order valence-corrected chi connectivity index (χ1v) is 6.52. The van der Waals surface area contributed by atoms with Gasteiger partial charge in [0.2, 0.25) is 0 Å². The maximum Gasteiger partial charge on any atom is 0.0518 e. The Morgan fingerprint density at radius 1 is 1.29 bits per heavy atom. The third-order valence-corrected chi connectivity index (χ3v) is 3.67. The fourth-order valence-corrected chi connectivity index (χ4v) is 2.59. The third kappa shape index (κ3) is 2.70. The van der Waals surface area contributed by atoms with Crippen molar-refractivity contribution >= 4 is 0 Å². The second-order valence-corrected chi connectivity index (χ2v) is 5.37. The largest absolute Gasteiger partial charge is 0.379 e. The summed E-state index contributed by atoms with van der Waals surface area (Å²) >= 11 is 0.